The summed E-state index contributed by atoms with van der Waals surface area (Å²) in [5, 5.41) is 0. The molecule has 0 aliphatic heterocycles. The van der Waals surface area contributed by atoms with Crippen molar-refractivity contribution in [3.63, 3.8) is 0 Å². The second kappa shape index (κ2) is 6.53. The van der Waals surface area contributed by atoms with Gasteiger partial charge >= 0.3 is 0 Å². The highest BCUT2D eigenvalue weighted by molar-refractivity contribution is 5.79. The average Bonchev–Trinajstić information content (AvgIpc) is 2.06. The van der Waals surface area contributed by atoms with Crippen molar-refractivity contribution in [1.29, 1.82) is 0 Å². The predicted octanol–water partition coefficient (Wildman–Crippen LogP) is 2.14. The fourth-order valence-corrected chi connectivity index (χ4v) is 0.880. The average molecular weight is 164 g/mol. The highest BCUT2D eigenvalue weighted by Gasteiger charge is 2.03. The van der Waals surface area contributed by atoms with E-state index >= 15 is 0 Å². The molecule has 0 radical (unpaired) electrons. The molecule has 0 saturated carbocycles. The SMILES string of the molecule is C=CC(CC=NC)C(=C)C=NC. The molecule has 0 saturated heterocycles. The van der Waals surface area contributed by atoms with Crippen LogP contribution in [0.15, 0.2) is 34.8 Å². The van der Waals surface area contributed by atoms with Gasteiger partial charge < -0.3 is 4.99 Å². The van der Waals surface area contributed by atoms with Gasteiger partial charge in [-0.05, 0) is 18.2 Å². The van der Waals surface area contributed by atoms with Gasteiger partial charge in [0, 0.05) is 26.2 Å². The molecule has 0 aliphatic rings. The Morgan fingerprint density at radius 3 is 2.50 bits per heavy atom. The lowest BCUT2D eigenvalue weighted by atomic mass is 9.98. The van der Waals surface area contributed by atoms with E-state index in [0.29, 0.717) is 0 Å². The third kappa shape index (κ3) is 3.86. The van der Waals surface area contributed by atoms with Crippen LogP contribution < -0.4 is 0 Å². The molecule has 0 bridgehead atoms. The van der Waals surface area contributed by atoms with Crippen LogP contribution in [0.5, 0.6) is 0 Å². The van der Waals surface area contributed by atoms with E-state index in [1.807, 2.05) is 12.3 Å². The zero-order valence-electron chi connectivity index (χ0n) is 7.83. The Labute approximate surface area is 74.4 Å². The maximum Gasteiger partial charge on any atom is 0.0277 e. The number of rotatable bonds is 5. The molecule has 0 fully saturated rings. The van der Waals surface area contributed by atoms with Crippen LogP contribution >= 0.6 is 0 Å². The summed E-state index contributed by atoms with van der Waals surface area (Å²) in [6.07, 6.45) is 6.34. The third-order valence-corrected chi connectivity index (χ3v) is 1.60. The van der Waals surface area contributed by atoms with Crippen molar-refractivity contribution >= 4 is 12.4 Å². The summed E-state index contributed by atoms with van der Waals surface area (Å²) in [6, 6.07) is 0. The topological polar surface area (TPSA) is 24.7 Å². The van der Waals surface area contributed by atoms with E-state index in [1.54, 1.807) is 20.3 Å². The van der Waals surface area contributed by atoms with Crippen molar-refractivity contribution in [3.05, 3.63) is 24.8 Å². The first-order chi connectivity index (χ1) is 5.76. The van der Waals surface area contributed by atoms with E-state index in [9.17, 15) is 0 Å². The van der Waals surface area contributed by atoms with E-state index in [0.717, 1.165) is 12.0 Å². The quantitative estimate of drug-likeness (QED) is 0.439. The van der Waals surface area contributed by atoms with E-state index in [1.165, 1.54) is 0 Å². The Hall–Kier alpha value is -1.18. The lowest BCUT2D eigenvalue weighted by Crippen LogP contribution is -2.01. The Balaban J connectivity index is 4.14. The molecule has 2 heteroatoms. The van der Waals surface area contributed by atoms with Gasteiger partial charge in [0.1, 0.15) is 0 Å². The minimum Gasteiger partial charge on any atom is -0.301 e. The lowest BCUT2D eigenvalue weighted by Gasteiger charge is -2.07. The van der Waals surface area contributed by atoms with Crippen LogP contribution in [-0.4, -0.2) is 26.5 Å². The molecule has 0 aliphatic carbocycles. The minimum absolute atomic E-state index is 0.261. The highest BCUT2D eigenvalue weighted by Crippen LogP contribution is 2.11. The van der Waals surface area contributed by atoms with Gasteiger partial charge in [0.25, 0.3) is 0 Å². The minimum atomic E-state index is 0.261. The van der Waals surface area contributed by atoms with Crippen molar-refractivity contribution < 1.29 is 0 Å². The fourth-order valence-electron chi connectivity index (χ4n) is 0.880. The van der Waals surface area contributed by atoms with Crippen LogP contribution in [0.3, 0.4) is 0 Å². The van der Waals surface area contributed by atoms with Gasteiger partial charge in [-0.1, -0.05) is 12.7 Å². The van der Waals surface area contributed by atoms with E-state index in [4.69, 9.17) is 0 Å². The molecule has 66 valence electrons. The fraction of sp³-hybridized carbons (Fsp3) is 0.400. The lowest BCUT2D eigenvalue weighted by molar-refractivity contribution is 0.852. The molecule has 0 aromatic rings. The molecular weight excluding hydrogens is 148 g/mol. The van der Waals surface area contributed by atoms with E-state index in [2.05, 4.69) is 23.1 Å². The van der Waals surface area contributed by atoms with E-state index in [-0.39, 0.29) is 5.92 Å². The third-order valence-electron chi connectivity index (χ3n) is 1.60. The number of hydrogen-bond acceptors (Lipinski definition) is 2. The second-order valence-corrected chi connectivity index (χ2v) is 2.48. The van der Waals surface area contributed by atoms with Gasteiger partial charge in [0.05, 0.1) is 0 Å². The molecule has 0 amide bonds. The number of nitrogens with zero attached hydrogens (tertiary/aromatic N) is 2. The first kappa shape index (κ1) is 10.8. The highest BCUT2D eigenvalue weighted by atomic mass is 14.6. The Bertz CT molecular complexity index is 202. The number of hydrogen-bond donors (Lipinski definition) is 0. The summed E-state index contributed by atoms with van der Waals surface area (Å²) < 4.78 is 0. The van der Waals surface area contributed by atoms with Crippen LogP contribution in [0.4, 0.5) is 0 Å². The monoisotopic (exact) mass is 164 g/mol. The standard InChI is InChI=1S/C10H16N2/c1-5-10(6-7-11-3)9(2)8-12-4/h5,7-8,10H,1-2,6H2,3-4H3. The van der Waals surface area contributed by atoms with Gasteiger partial charge in [-0.2, -0.15) is 0 Å². The predicted molar refractivity (Wildman–Crippen MR) is 56.3 cm³/mol. The summed E-state index contributed by atoms with van der Waals surface area (Å²) in [5.41, 5.74) is 0.979. The van der Waals surface area contributed by atoms with Gasteiger partial charge in [-0.3, -0.25) is 4.99 Å². The summed E-state index contributed by atoms with van der Waals surface area (Å²) in [6.45, 7) is 7.62. The summed E-state index contributed by atoms with van der Waals surface area (Å²) >= 11 is 0. The largest absolute Gasteiger partial charge is 0.301 e. The van der Waals surface area contributed by atoms with Crippen molar-refractivity contribution in [2.24, 2.45) is 15.9 Å². The van der Waals surface area contributed by atoms with Crippen LogP contribution in [0.25, 0.3) is 0 Å². The summed E-state index contributed by atoms with van der Waals surface area (Å²) in [5.74, 6) is 0.261. The molecule has 1 atom stereocenters. The Morgan fingerprint density at radius 1 is 1.42 bits per heavy atom. The molecule has 0 rings (SSSR count). The maximum atomic E-state index is 3.91. The number of allylic oxidation sites excluding steroid dienone is 2. The molecule has 1 unspecified atom stereocenters. The van der Waals surface area contributed by atoms with Gasteiger partial charge in [0.15, 0.2) is 0 Å². The molecule has 0 aromatic heterocycles. The Morgan fingerprint density at radius 2 is 2.08 bits per heavy atom. The molecule has 0 N–H and O–H groups in total. The van der Waals surface area contributed by atoms with Crippen molar-refractivity contribution in [1.82, 2.24) is 0 Å². The van der Waals surface area contributed by atoms with Crippen molar-refractivity contribution in [2.75, 3.05) is 14.1 Å². The van der Waals surface area contributed by atoms with Gasteiger partial charge in [-0.15, -0.1) is 6.58 Å². The zero-order chi connectivity index (χ0) is 9.40. The van der Waals surface area contributed by atoms with Crippen LogP contribution in [0.2, 0.25) is 0 Å². The molecule has 0 spiro atoms. The second-order valence-electron chi connectivity index (χ2n) is 2.48. The first-order valence-electron chi connectivity index (χ1n) is 3.90. The van der Waals surface area contributed by atoms with Crippen LogP contribution in [0.1, 0.15) is 6.42 Å². The number of aliphatic imine (C=N–C) groups is 2. The van der Waals surface area contributed by atoms with E-state index < -0.39 is 0 Å². The maximum absolute atomic E-state index is 3.91. The molecule has 0 aromatic carbocycles. The normalized spacial score (nSPS) is 13.8. The molecule has 2 nitrogen and oxygen atoms in total. The van der Waals surface area contributed by atoms with Gasteiger partial charge in [0.2, 0.25) is 0 Å². The summed E-state index contributed by atoms with van der Waals surface area (Å²) in [7, 11) is 3.50. The zero-order valence-corrected chi connectivity index (χ0v) is 7.83. The molecule has 0 heterocycles. The molecule has 12 heavy (non-hydrogen) atoms. The first-order valence-corrected chi connectivity index (χ1v) is 3.90. The van der Waals surface area contributed by atoms with Gasteiger partial charge in [-0.25, -0.2) is 0 Å². The summed E-state index contributed by atoms with van der Waals surface area (Å²) in [4.78, 5) is 7.80. The smallest absolute Gasteiger partial charge is 0.0277 e. The Kier molecular flexibility index (Phi) is 5.88. The molecular formula is C10H16N2. The van der Waals surface area contributed by atoms with Crippen LogP contribution in [-0.2, 0) is 0 Å². The van der Waals surface area contributed by atoms with Crippen LogP contribution in [0, 0.1) is 5.92 Å². The van der Waals surface area contributed by atoms with Crippen molar-refractivity contribution in [2.45, 2.75) is 6.42 Å². The van der Waals surface area contributed by atoms with Crippen molar-refractivity contribution in [3.8, 4) is 0 Å².